The Balaban J connectivity index is 1.85. The molecular weight excluding hydrogens is 304 g/mol. The normalized spacial score (nSPS) is 20.3. The number of pyridine rings is 1. The molecule has 2 aromatic heterocycles. The van der Waals surface area contributed by atoms with Gasteiger partial charge in [-0.2, -0.15) is 0 Å². The van der Waals surface area contributed by atoms with E-state index in [0.29, 0.717) is 11.5 Å². The Labute approximate surface area is 130 Å². The van der Waals surface area contributed by atoms with E-state index in [2.05, 4.69) is 10.3 Å². The quantitative estimate of drug-likeness (QED) is 0.759. The molecule has 1 amide bonds. The third-order valence-electron chi connectivity index (χ3n) is 3.72. The lowest BCUT2D eigenvalue weighted by Gasteiger charge is -2.23. The fraction of sp³-hybridized carbons (Fsp3) is 0.267. The van der Waals surface area contributed by atoms with Gasteiger partial charge < -0.3 is 24.6 Å². The first-order valence-corrected chi connectivity index (χ1v) is 6.93. The second-order valence-corrected chi connectivity index (χ2v) is 5.24. The van der Waals surface area contributed by atoms with E-state index in [4.69, 9.17) is 9.15 Å². The Hall–Kier alpha value is -2.87. The molecular formula is C15H14N2O6. The number of ether oxygens (including phenoxy) is 1. The first-order chi connectivity index (χ1) is 11.0. The third-order valence-corrected chi connectivity index (χ3v) is 3.72. The number of nitrogens with one attached hydrogen (secondary N) is 2. The number of rotatable bonds is 4. The molecule has 0 aromatic carbocycles. The summed E-state index contributed by atoms with van der Waals surface area (Å²) in [6.45, 7) is 0.108. The molecule has 0 aliphatic carbocycles. The Morgan fingerprint density at radius 1 is 1.30 bits per heavy atom. The first kappa shape index (κ1) is 15.0. The lowest BCUT2D eigenvalue weighted by molar-refractivity contribution is -0.144. The zero-order chi connectivity index (χ0) is 16.4. The van der Waals surface area contributed by atoms with Crippen LogP contribution in [0.1, 0.15) is 16.8 Å². The van der Waals surface area contributed by atoms with E-state index in [0.717, 1.165) is 0 Å². The number of H-pyrrole nitrogens is 1. The molecule has 0 bridgehead atoms. The molecule has 1 saturated heterocycles. The van der Waals surface area contributed by atoms with E-state index < -0.39 is 23.0 Å². The average Bonchev–Trinajstić information content (AvgIpc) is 3.19. The maximum atomic E-state index is 12.3. The molecule has 1 fully saturated rings. The highest BCUT2D eigenvalue weighted by Gasteiger charge is 2.44. The van der Waals surface area contributed by atoms with Crippen LogP contribution in [0.5, 0.6) is 0 Å². The third kappa shape index (κ3) is 2.76. The molecule has 1 unspecified atom stereocenters. The number of carbonyl (C=O) groups is 2. The van der Waals surface area contributed by atoms with Gasteiger partial charge in [-0.3, -0.25) is 9.59 Å². The van der Waals surface area contributed by atoms with Crippen LogP contribution in [-0.4, -0.2) is 40.7 Å². The Morgan fingerprint density at radius 2 is 2.13 bits per heavy atom. The van der Waals surface area contributed by atoms with Crippen LogP contribution in [0.15, 0.2) is 39.7 Å². The summed E-state index contributed by atoms with van der Waals surface area (Å²) in [6.07, 6.45) is 1.61. The van der Waals surface area contributed by atoms with Gasteiger partial charge in [-0.15, -0.1) is 0 Å². The predicted octanol–water partition coefficient (Wildman–Crippen LogP) is 0.608. The van der Waals surface area contributed by atoms with Gasteiger partial charge in [0.2, 0.25) is 0 Å². The van der Waals surface area contributed by atoms with Gasteiger partial charge in [-0.1, -0.05) is 0 Å². The number of aromatic amines is 1. The van der Waals surface area contributed by atoms with Gasteiger partial charge in [-0.05, 0) is 24.3 Å². The van der Waals surface area contributed by atoms with Crippen molar-refractivity contribution in [3.63, 3.8) is 0 Å². The van der Waals surface area contributed by atoms with E-state index in [1.54, 1.807) is 12.1 Å². The van der Waals surface area contributed by atoms with Crippen molar-refractivity contribution in [2.24, 2.45) is 0 Å². The first-order valence-electron chi connectivity index (χ1n) is 6.93. The summed E-state index contributed by atoms with van der Waals surface area (Å²) in [4.78, 5) is 38.3. The van der Waals surface area contributed by atoms with Gasteiger partial charge in [0, 0.05) is 13.0 Å². The van der Waals surface area contributed by atoms with Crippen molar-refractivity contribution in [3.8, 4) is 11.5 Å². The molecule has 1 aliphatic heterocycles. The number of carboxylic acids is 1. The minimum atomic E-state index is -1.50. The van der Waals surface area contributed by atoms with Crippen molar-refractivity contribution in [1.29, 1.82) is 0 Å². The summed E-state index contributed by atoms with van der Waals surface area (Å²) in [5.41, 5.74) is -1.87. The molecule has 1 atom stereocenters. The van der Waals surface area contributed by atoms with Crippen LogP contribution in [0.25, 0.3) is 11.5 Å². The van der Waals surface area contributed by atoms with Gasteiger partial charge >= 0.3 is 5.97 Å². The van der Waals surface area contributed by atoms with Gasteiger partial charge in [0.25, 0.3) is 11.5 Å². The van der Waals surface area contributed by atoms with Crippen molar-refractivity contribution in [3.05, 3.63) is 46.4 Å². The highest BCUT2D eigenvalue weighted by molar-refractivity contribution is 5.97. The molecule has 3 N–H and O–H groups in total. The van der Waals surface area contributed by atoms with Crippen LogP contribution in [0, 0.1) is 0 Å². The maximum absolute atomic E-state index is 12.3. The molecule has 2 aromatic rings. The van der Waals surface area contributed by atoms with Crippen LogP contribution in [0.4, 0.5) is 0 Å². The molecule has 8 nitrogen and oxygen atoms in total. The van der Waals surface area contributed by atoms with E-state index >= 15 is 0 Å². The molecule has 8 heteroatoms. The van der Waals surface area contributed by atoms with Crippen LogP contribution < -0.4 is 10.9 Å². The molecule has 3 heterocycles. The largest absolute Gasteiger partial charge is 0.479 e. The van der Waals surface area contributed by atoms with Gasteiger partial charge in [-0.25, -0.2) is 4.79 Å². The number of amides is 1. The Kier molecular flexibility index (Phi) is 3.75. The molecule has 0 saturated carbocycles. The molecule has 1 aliphatic rings. The van der Waals surface area contributed by atoms with E-state index in [-0.39, 0.29) is 25.2 Å². The lowest BCUT2D eigenvalue weighted by Crippen LogP contribution is -2.55. The second kappa shape index (κ2) is 5.73. The number of carbonyl (C=O) groups excluding carboxylic acids is 1. The van der Waals surface area contributed by atoms with E-state index in [9.17, 15) is 19.5 Å². The number of hydrogen-bond acceptors (Lipinski definition) is 5. The summed E-state index contributed by atoms with van der Waals surface area (Å²) in [5, 5.41) is 11.7. The summed E-state index contributed by atoms with van der Waals surface area (Å²) in [7, 11) is 0. The number of aromatic nitrogens is 1. The smallest absolute Gasteiger partial charge is 0.331 e. The summed E-state index contributed by atoms with van der Waals surface area (Å²) >= 11 is 0. The van der Waals surface area contributed by atoms with E-state index in [1.165, 1.54) is 18.4 Å². The zero-order valence-electron chi connectivity index (χ0n) is 12.0. The summed E-state index contributed by atoms with van der Waals surface area (Å²) < 4.78 is 10.2. The number of furan rings is 1. The van der Waals surface area contributed by atoms with Gasteiger partial charge in [0.05, 0.1) is 18.6 Å². The molecule has 0 radical (unpaired) electrons. The number of carboxylic acid groups (broad SMARTS) is 1. The monoisotopic (exact) mass is 318 g/mol. The Morgan fingerprint density at radius 3 is 2.70 bits per heavy atom. The van der Waals surface area contributed by atoms with Crippen LogP contribution in [0.2, 0.25) is 0 Å². The standard InChI is InChI=1S/C15H14N2O6/c18-12-9(3-4-10(16-12)11-2-1-6-23-11)13(19)17-15(14(20)21)5-7-22-8-15/h1-4,6H,5,7-8H2,(H,16,18)(H,17,19)(H,20,21). The summed E-state index contributed by atoms with van der Waals surface area (Å²) in [6, 6.07) is 6.19. The molecule has 120 valence electrons. The van der Waals surface area contributed by atoms with Gasteiger partial charge in [0.15, 0.2) is 5.54 Å². The van der Waals surface area contributed by atoms with Crippen molar-refractivity contribution < 1.29 is 23.8 Å². The Bertz CT molecular complexity index is 787. The van der Waals surface area contributed by atoms with Crippen molar-refractivity contribution in [2.75, 3.05) is 13.2 Å². The minimum Gasteiger partial charge on any atom is -0.479 e. The molecule has 3 rings (SSSR count). The minimum absolute atomic E-state index is 0.129. The molecule has 0 spiro atoms. The predicted molar refractivity (Wildman–Crippen MR) is 78.0 cm³/mol. The highest BCUT2D eigenvalue weighted by Crippen LogP contribution is 2.20. The van der Waals surface area contributed by atoms with Crippen molar-refractivity contribution in [1.82, 2.24) is 10.3 Å². The van der Waals surface area contributed by atoms with Gasteiger partial charge in [0.1, 0.15) is 11.3 Å². The topological polar surface area (TPSA) is 122 Å². The highest BCUT2D eigenvalue weighted by atomic mass is 16.5. The maximum Gasteiger partial charge on any atom is 0.331 e. The van der Waals surface area contributed by atoms with Crippen molar-refractivity contribution in [2.45, 2.75) is 12.0 Å². The lowest BCUT2D eigenvalue weighted by atomic mass is 9.98. The van der Waals surface area contributed by atoms with E-state index in [1.807, 2.05) is 0 Å². The fourth-order valence-corrected chi connectivity index (χ4v) is 2.40. The fourth-order valence-electron chi connectivity index (χ4n) is 2.40. The zero-order valence-corrected chi connectivity index (χ0v) is 12.0. The van der Waals surface area contributed by atoms with Crippen LogP contribution >= 0.6 is 0 Å². The van der Waals surface area contributed by atoms with Crippen molar-refractivity contribution >= 4 is 11.9 Å². The van der Waals surface area contributed by atoms with Crippen LogP contribution in [0.3, 0.4) is 0 Å². The average molecular weight is 318 g/mol. The SMILES string of the molecule is O=C(NC1(C(=O)O)CCOC1)c1ccc(-c2ccco2)[nH]c1=O. The number of hydrogen-bond donors (Lipinski definition) is 3. The number of aliphatic carboxylic acids is 1. The molecule has 23 heavy (non-hydrogen) atoms. The second-order valence-electron chi connectivity index (χ2n) is 5.24. The summed E-state index contributed by atoms with van der Waals surface area (Å²) in [5.74, 6) is -1.49. The van der Waals surface area contributed by atoms with Crippen LogP contribution in [-0.2, 0) is 9.53 Å².